The van der Waals surface area contributed by atoms with Crippen molar-refractivity contribution in [1.82, 2.24) is 9.88 Å². The summed E-state index contributed by atoms with van der Waals surface area (Å²) in [5.41, 5.74) is 4.30. The first-order chi connectivity index (χ1) is 18.7. The van der Waals surface area contributed by atoms with Gasteiger partial charge in [-0.25, -0.2) is 4.98 Å². The van der Waals surface area contributed by atoms with Crippen LogP contribution in [0.1, 0.15) is 43.5 Å². The second kappa shape index (κ2) is 14.9. The average molecular weight is 531 g/mol. The third-order valence-corrected chi connectivity index (χ3v) is 6.26. The molecule has 1 aliphatic heterocycles. The van der Waals surface area contributed by atoms with Crippen LogP contribution in [-0.2, 0) is 11.4 Å². The van der Waals surface area contributed by atoms with Crippen molar-refractivity contribution >= 4 is 40.1 Å². The van der Waals surface area contributed by atoms with E-state index in [1.807, 2.05) is 104 Å². The van der Waals surface area contributed by atoms with Crippen molar-refractivity contribution in [2.75, 3.05) is 20.2 Å². The Kier molecular flexibility index (Phi) is 11.3. The Hall–Kier alpha value is -3.67. The number of carbonyl (C=O) groups is 1. The fraction of sp³-hybridized carbons (Fsp3) is 0.250. The molecule has 4 aromatic rings. The first-order valence-corrected chi connectivity index (χ1v) is 13.3. The molecule has 38 heavy (non-hydrogen) atoms. The van der Waals surface area contributed by atoms with Crippen LogP contribution in [0.4, 0.5) is 0 Å². The molecule has 1 saturated heterocycles. The van der Waals surface area contributed by atoms with E-state index in [1.165, 1.54) is 0 Å². The van der Waals surface area contributed by atoms with E-state index in [-0.39, 0.29) is 5.91 Å². The number of carbonyl (C=O) groups excluding carboxylic acids is 1. The quantitative estimate of drug-likeness (QED) is 0.210. The van der Waals surface area contributed by atoms with E-state index in [2.05, 4.69) is 11.1 Å². The molecule has 5 rings (SSSR count). The van der Waals surface area contributed by atoms with Gasteiger partial charge in [0.1, 0.15) is 12.4 Å². The molecule has 1 aliphatic rings. The van der Waals surface area contributed by atoms with Gasteiger partial charge in [0.25, 0.3) is 5.91 Å². The number of hydrogen-bond acceptors (Lipinski definition) is 4. The molecule has 0 atom stereocenters. The Bertz CT molecular complexity index is 1330. The van der Waals surface area contributed by atoms with Gasteiger partial charge in [-0.15, -0.1) is 0 Å². The lowest BCUT2D eigenvalue weighted by atomic mass is 10.0. The lowest BCUT2D eigenvalue weighted by Gasteiger charge is -2.18. The molecule has 5 nitrogen and oxygen atoms in total. The molecule has 0 unspecified atom stereocenters. The SMILES string of the molecule is CC.CO.O=C(/C(=C/c1ccc(Cl)cc1)c1ccc(OCc2ccc3ccccc3n2)cc1)N1CCCC1. The highest BCUT2D eigenvalue weighted by Gasteiger charge is 2.22. The smallest absolute Gasteiger partial charge is 0.254 e. The number of benzene rings is 3. The van der Waals surface area contributed by atoms with Gasteiger partial charge < -0.3 is 14.7 Å². The van der Waals surface area contributed by atoms with Gasteiger partial charge in [0.15, 0.2) is 0 Å². The number of hydrogen-bond donors (Lipinski definition) is 1. The fourth-order valence-corrected chi connectivity index (χ4v) is 4.29. The number of ether oxygens (including phenoxy) is 1. The number of para-hydroxylation sites is 1. The van der Waals surface area contributed by atoms with E-state index in [0.717, 1.165) is 66.5 Å². The number of rotatable bonds is 6. The van der Waals surface area contributed by atoms with Crippen molar-refractivity contribution < 1.29 is 14.6 Å². The van der Waals surface area contributed by atoms with Gasteiger partial charge in [0.05, 0.1) is 11.2 Å². The first kappa shape index (κ1) is 28.9. The minimum absolute atomic E-state index is 0.0569. The maximum absolute atomic E-state index is 13.3. The molecule has 0 spiro atoms. The Balaban J connectivity index is 0.000000956. The molecule has 1 aromatic heterocycles. The Morgan fingerprint density at radius 2 is 1.58 bits per heavy atom. The first-order valence-electron chi connectivity index (χ1n) is 12.9. The van der Waals surface area contributed by atoms with Crippen molar-refractivity contribution in [3.63, 3.8) is 0 Å². The van der Waals surface area contributed by atoms with Crippen molar-refractivity contribution in [1.29, 1.82) is 0 Å². The zero-order valence-electron chi connectivity index (χ0n) is 22.2. The van der Waals surface area contributed by atoms with E-state index >= 15 is 0 Å². The van der Waals surface area contributed by atoms with E-state index in [4.69, 9.17) is 21.4 Å². The minimum Gasteiger partial charge on any atom is -0.487 e. The van der Waals surface area contributed by atoms with E-state index in [9.17, 15) is 4.79 Å². The summed E-state index contributed by atoms with van der Waals surface area (Å²) in [6.07, 6.45) is 4.04. The maximum atomic E-state index is 13.3. The zero-order chi connectivity index (χ0) is 27.3. The summed E-state index contributed by atoms with van der Waals surface area (Å²) >= 11 is 6.04. The van der Waals surface area contributed by atoms with Crippen LogP contribution in [0.2, 0.25) is 5.02 Å². The highest BCUT2D eigenvalue weighted by atomic mass is 35.5. The third kappa shape index (κ3) is 7.67. The molecular formula is C32H35ClN2O3. The number of amides is 1. The van der Waals surface area contributed by atoms with Crippen LogP contribution >= 0.6 is 11.6 Å². The molecule has 1 amide bonds. The van der Waals surface area contributed by atoms with Gasteiger partial charge >= 0.3 is 0 Å². The molecule has 6 heteroatoms. The standard InChI is InChI=1S/C29H25ClN2O2.C2H6.CH4O/c30-24-12-7-21(8-13-24)19-27(29(33)32-17-3-4-18-32)22-10-15-26(16-11-22)34-20-25-14-9-23-5-1-2-6-28(23)31-25;2*1-2/h1-2,5-16,19H,3-4,17-18,20H2;1-2H3;2H,1H3/b27-19+;;. The molecule has 0 bridgehead atoms. The number of aliphatic hydroxyl groups excluding tert-OH is 1. The number of aromatic nitrogens is 1. The number of nitrogens with zero attached hydrogens (tertiary/aromatic N) is 2. The van der Waals surface area contributed by atoms with Crippen molar-refractivity contribution in [3.05, 3.63) is 107 Å². The Morgan fingerprint density at radius 3 is 2.26 bits per heavy atom. The van der Waals surface area contributed by atoms with Crippen molar-refractivity contribution in [2.45, 2.75) is 33.3 Å². The number of aliphatic hydroxyl groups is 1. The van der Waals surface area contributed by atoms with Crippen LogP contribution < -0.4 is 4.74 Å². The van der Waals surface area contributed by atoms with Crippen LogP contribution in [0, 0.1) is 0 Å². The minimum atomic E-state index is 0.0569. The summed E-state index contributed by atoms with van der Waals surface area (Å²) in [6.45, 7) is 5.98. The van der Waals surface area contributed by atoms with Gasteiger partial charge in [-0.05, 0) is 66.4 Å². The van der Waals surface area contributed by atoms with Gasteiger partial charge in [-0.3, -0.25) is 4.79 Å². The van der Waals surface area contributed by atoms with E-state index in [0.29, 0.717) is 17.2 Å². The highest BCUT2D eigenvalue weighted by Crippen LogP contribution is 2.26. The van der Waals surface area contributed by atoms with Crippen molar-refractivity contribution in [2.24, 2.45) is 0 Å². The molecule has 0 saturated carbocycles. The number of fused-ring (bicyclic) bond motifs is 1. The van der Waals surface area contributed by atoms with Crippen LogP contribution in [-0.4, -0.2) is 41.1 Å². The summed E-state index contributed by atoms with van der Waals surface area (Å²) in [5.74, 6) is 0.791. The van der Waals surface area contributed by atoms with Crippen molar-refractivity contribution in [3.8, 4) is 5.75 Å². The normalized spacial score (nSPS) is 12.8. The molecule has 1 fully saturated rings. The Labute approximate surface area is 230 Å². The summed E-state index contributed by atoms with van der Waals surface area (Å²) in [7, 11) is 1.00. The Morgan fingerprint density at radius 1 is 0.921 bits per heavy atom. The highest BCUT2D eigenvalue weighted by molar-refractivity contribution is 6.30. The van der Waals surface area contributed by atoms with Crippen LogP contribution in [0.3, 0.4) is 0 Å². The van der Waals surface area contributed by atoms with E-state index in [1.54, 1.807) is 0 Å². The average Bonchev–Trinajstić information content (AvgIpc) is 3.53. The lowest BCUT2D eigenvalue weighted by molar-refractivity contribution is -0.123. The topological polar surface area (TPSA) is 62.7 Å². The van der Waals surface area contributed by atoms with E-state index < -0.39 is 0 Å². The lowest BCUT2D eigenvalue weighted by Crippen LogP contribution is -2.28. The second-order valence-electron chi connectivity index (χ2n) is 8.42. The molecule has 2 heterocycles. The van der Waals surface area contributed by atoms with Crippen LogP contribution in [0.15, 0.2) is 84.9 Å². The largest absolute Gasteiger partial charge is 0.487 e. The van der Waals surface area contributed by atoms with Crippen LogP contribution in [0.5, 0.6) is 5.75 Å². The summed E-state index contributed by atoms with van der Waals surface area (Å²) in [5, 5.41) is 8.78. The van der Waals surface area contributed by atoms with Gasteiger partial charge in [-0.2, -0.15) is 0 Å². The monoisotopic (exact) mass is 530 g/mol. The maximum Gasteiger partial charge on any atom is 0.254 e. The number of likely N-dealkylation sites (tertiary alicyclic amines) is 1. The predicted octanol–water partition coefficient (Wildman–Crippen LogP) is 7.26. The molecule has 1 N–H and O–H groups in total. The molecule has 3 aromatic carbocycles. The molecule has 0 aliphatic carbocycles. The summed E-state index contributed by atoms with van der Waals surface area (Å²) in [6, 6.07) is 27.3. The van der Waals surface area contributed by atoms with Gasteiger partial charge in [-0.1, -0.05) is 74.0 Å². The molecule has 0 radical (unpaired) electrons. The zero-order valence-corrected chi connectivity index (χ0v) is 23.0. The fourth-order valence-electron chi connectivity index (χ4n) is 4.16. The molecule has 198 valence electrons. The summed E-state index contributed by atoms with van der Waals surface area (Å²) in [4.78, 5) is 19.9. The third-order valence-electron chi connectivity index (χ3n) is 6.01. The second-order valence-corrected chi connectivity index (χ2v) is 8.85. The van der Waals surface area contributed by atoms with Gasteiger partial charge in [0.2, 0.25) is 0 Å². The van der Waals surface area contributed by atoms with Gasteiger partial charge in [0, 0.05) is 36.2 Å². The number of pyridine rings is 1. The van der Waals surface area contributed by atoms with Crippen LogP contribution in [0.25, 0.3) is 22.6 Å². The number of halogens is 1. The summed E-state index contributed by atoms with van der Waals surface area (Å²) < 4.78 is 5.98. The predicted molar refractivity (Wildman–Crippen MR) is 157 cm³/mol. The molecular weight excluding hydrogens is 496 g/mol.